The van der Waals surface area contributed by atoms with Gasteiger partial charge in [-0.3, -0.25) is 4.79 Å². The van der Waals surface area contributed by atoms with Gasteiger partial charge in [0.15, 0.2) is 0 Å². The van der Waals surface area contributed by atoms with Crippen LogP contribution in [0.15, 0.2) is 48.5 Å². The zero-order chi connectivity index (χ0) is 24.7. The number of fused-ring (bicyclic) bond motifs is 3. The van der Waals surface area contributed by atoms with Crippen LogP contribution in [0.4, 0.5) is 4.79 Å². The lowest BCUT2D eigenvalue weighted by Crippen LogP contribution is -2.47. The smallest absolute Gasteiger partial charge is 0.407 e. The molecule has 1 atom stereocenters. The number of carboxylic acids is 1. The first-order valence-corrected chi connectivity index (χ1v) is 11.3. The summed E-state index contributed by atoms with van der Waals surface area (Å²) in [4.78, 5) is 36.3. The van der Waals surface area contributed by atoms with E-state index in [1.54, 1.807) is 20.8 Å². The molecule has 3 N–H and O–H groups in total. The number of alkyl carbamates (subject to hydrolysis) is 1. The average Bonchev–Trinajstić information content (AvgIpc) is 3.13. The van der Waals surface area contributed by atoms with E-state index in [1.165, 1.54) is 0 Å². The Labute approximate surface area is 199 Å². The maximum absolute atomic E-state index is 12.6. The number of hydrogen-bond donors (Lipinski definition) is 3. The molecule has 1 aliphatic rings. The molecule has 0 radical (unpaired) electrons. The molecule has 3 rings (SSSR count). The van der Waals surface area contributed by atoms with Crippen molar-refractivity contribution >= 4 is 18.0 Å². The fourth-order valence-corrected chi connectivity index (χ4v) is 4.00. The van der Waals surface area contributed by atoms with E-state index in [-0.39, 0.29) is 25.5 Å². The highest BCUT2D eigenvalue weighted by atomic mass is 16.5. The van der Waals surface area contributed by atoms with Gasteiger partial charge in [0.2, 0.25) is 5.91 Å². The predicted molar refractivity (Wildman–Crippen MR) is 129 cm³/mol. The summed E-state index contributed by atoms with van der Waals surface area (Å²) in [6.45, 7) is 5.43. The highest BCUT2D eigenvalue weighted by Crippen LogP contribution is 2.44. The number of carboxylic acid groups (broad SMARTS) is 1. The molecule has 1 unspecified atom stereocenters. The number of carbonyl (C=O) groups excluding carboxylic acids is 2. The topological polar surface area (TPSA) is 105 Å². The van der Waals surface area contributed by atoms with Gasteiger partial charge < -0.3 is 20.5 Å². The van der Waals surface area contributed by atoms with E-state index >= 15 is 0 Å². The van der Waals surface area contributed by atoms with Gasteiger partial charge in [0.1, 0.15) is 12.6 Å². The number of rotatable bonds is 9. The van der Waals surface area contributed by atoms with Crippen molar-refractivity contribution < 1.29 is 24.2 Å². The highest BCUT2D eigenvalue weighted by Gasteiger charge is 2.32. The van der Waals surface area contributed by atoms with Crippen LogP contribution in [0.1, 0.15) is 50.7 Å². The summed E-state index contributed by atoms with van der Waals surface area (Å²) in [5, 5.41) is 14.5. The maximum Gasteiger partial charge on any atom is 0.407 e. The number of hydrogen-bond acceptors (Lipinski definition) is 4. The Morgan fingerprint density at radius 2 is 1.65 bits per heavy atom. The first-order valence-electron chi connectivity index (χ1n) is 11.3. The molecule has 2 aromatic carbocycles. The Kier molecular flexibility index (Phi) is 7.95. The first kappa shape index (κ1) is 24.8. The van der Waals surface area contributed by atoms with Crippen LogP contribution in [0.3, 0.4) is 0 Å². The van der Waals surface area contributed by atoms with E-state index in [4.69, 9.17) is 4.74 Å². The number of aliphatic carboxylic acids is 1. The van der Waals surface area contributed by atoms with Crippen LogP contribution in [0, 0.1) is 17.3 Å². The molecule has 34 heavy (non-hydrogen) atoms. The largest absolute Gasteiger partial charge is 0.480 e. The third-order valence-corrected chi connectivity index (χ3v) is 6.06. The summed E-state index contributed by atoms with van der Waals surface area (Å²) in [6.07, 6.45) is -0.208. The standard InChI is InChI=1S/C27H30N2O5/c1-4-5-14-23(24(30)31)29-25(32)27(2,3)15-16-28-26(33)34-17-22-20-12-8-6-10-18(20)19-11-7-9-13-21(19)22/h6-13,22-23H,14-17H2,1-3H3,(H,28,33)(H,29,32)(H,30,31). The van der Waals surface area contributed by atoms with Gasteiger partial charge in [0.25, 0.3) is 0 Å². The lowest BCUT2D eigenvalue weighted by atomic mass is 9.88. The normalized spacial score (nSPS) is 13.0. The molecule has 0 bridgehead atoms. The van der Waals surface area contributed by atoms with Crippen molar-refractivity contribution in [1.29, 1.82) is 0 Å². The van der Waals surface area contributed by atoms with Crippen molar-refractivity contribution in [2.45, 2.75) is 45.6 Å². The number of amides is 2. The van der Waals surface area contributed by atoms with Crippen LogP contribution in [-0.2, 0) is 14.3 Å². The summed E-state index contributed by atoms with van der Waals surface area (Å²) in [5.74, 6) is 3.73. The molecule has 0 aliphatic heterocycles. The molecular weight excluding hydrogens is 432 g/mol. The van der Waals surface area contributed by atoms with Gasteiger partial charge in [0, 0.05) is 24.3 Å². The number of ether oxygens (including phenoxy) is 1. The molecule has 1 aliphatic carbocycles. The molecule has 0 aromatic heterocycles. The summed E-state index contributed by atoms with van der Waals surface area (Å²) >= 11 is 0. The second-order valence-corrected chi connectivity index (χ2v) is 8.88. The summed E-state index contributed by atoms with van der Waals surface area (Å²) in [5.41, 5.74) is 3.70. The molecular formula is C27H30N2O5. The summed E-state index contributed by atoms with van der Waals surface area (Å²) in [7, 11) is 0. The minimum Gasteiger partial charge on any atom is -0.480 e. The molecule has 2 aromatic rings. The fourth-order valence-electron chi connectivity index (χ4n) is 4.00. The molecule has 0 fully saturated rings. The quantitative estimate of drug-likeness (QED) is 0.490. The van der Waals surface area contributed by atoms with E-state index in [9.17, 15) is 19.5 Å². The minimum absolute atomic E-state index is 0.0282. The third kappa shape index (κ3) is 5.76. The van der Waals surface area contributed by atoms with E-state index in [2.05, 4.69) is 46.7 Å². The molecule has 0 heterocycles. The Balaban J connectivity index is 1.50. The van der Waals surface area contributed by atoms with Crippen LogP contribution in [0.5, 0.6) is 0 Å². The predicted octanol–water partition coefficient (Wildman–Crippen LogP) is 3.92. The SMILES string of the molecule is CC#CCC(NC(=O)C(C)(C)CCNC(=O)OCC1c2ccccc2-c2ccccc21)C(=O)O. The van der Waals surface area contributed by atoms with Crippen molar-refractivity contribution in [3.63, 3.8) is 0 Å². The van der Waals surface area contributed by atoms with Crippen LogP contribution in [-0.4, -0.2) is 42.3 Å². The Morgan fingerprint density at radius 1 is 1.06 bits per heavy atom. The van der Waals surface area contributed by atoms with Gasteiger partial charge in [-0.15, -0.1) is 11.8 Å². The lowest BCUT2D eigenvalue weighted by Gasteiger charge is -2.25. The molecule has 178 valence electrons. The van der Waals surface area contributed by atoms with Crippen molar-refractivity contribution in [1.82, 2.24) is 10.6 Å². The third-order valence-electron chi connectivity index (χ3n) is 6.06. The van der Waals surface area contributed by atoms with Gasteiger partial charge in [-0.1, -0.05) is 62.4 Å². The Morgan fingerprint density at radius 3 is 2.21 bits per heavy atom. The second kappa shape index (κ2) is 10.9. The van der Waals surface area contributed by atoms with Gasteiger partial charge in [-0.2, -0.15) is 0 Å². The van der Waals surface area contributed by atoms with Crippen LogP contribution in [0.2, 0.25) is 0 Å². The molecule has 2 amide bonds. The average molecular weight is 463 g/mol. The molecule has 0 saturated heterocycles. The monoisotopic (exact) mass is 462 g/mol. The molecule has 7 heteroatoms. The molecule has 0 saturated carbocycles. The van der Waals surface area contributed by atoms with Gasteiger partial charge in [0.05, 0.1) is 0 Å². The fraction of sp³-hybridized carbons (Fsp3) is 0.370. The van der Waals surface area contributed by atoms with E-state index in [1.807, 2.05) is 24.3 Å². The van der Waals surface area contributed by atoms with Crippen molar-refractivity contribution in [2.24, 2.45) is 5.41 Å². The van der Waals surface area contributed by atoms with Gasteiger partial charge in [-0.25, -0.2) is 9.59 Å². The number of carbonyl (C=O) groups is 3. The minimum atomic E-state index is -1.14. The zero-order valence-electron chi connectivity index (χ0n) is 19.7. The Hall–Kier alpha value is -3.79. The first-order chi connectivity index (χ1) is 16.2. The van der Waals surface area contributed by atoms with Crippen molar-refractivity contribution in [3.05, 3.63) is 59.7 Å². The second-order valence-electron chi connectivity index (χ2n) is 8.88. The number of benzene rings is 2. The van der Waals surface area contributed by atoms with Crippen LogP contribution in [0.25, 0.3) is 11.1 Å². The van der Waals surface area contributed by atoms with Crippen LogP contribution < -0.4 is 10.6 Å². The highest BCUT2D eigenvalue weighted by molar-refractivity contribution is 5.87. The van der Waals surface area contributed by atoms with Gasteiger partial charge in [-0.05, 0) is 35.6 Å². The van der Waals surface area contributed by atoms with E-state index in [0.29, 0.717) is 6.42 Å². The summed E-state index contributed by atoms with van der Waals surface area (Å²) in [6, 6.07) is 15.1. The molecule has 0 spiro atoms. The maximum atomic E-state index is 12.6. The summed E-state index contributed by atoms with van der Waals surface area (Å²) < 4.78 is 5.51. The van der Waals surface area contributed by atoms with Crippen molar-refractivity contribution in [2.75, 3.05) is 13.2 Å². The van der Waals surface area contributed by atoms with Crippen molar-refractivity contribution in [3.8, 4) is 23.0 Å². The lowest BCUT2D eigenvalue weighted by molar-refractivity contribution is -0.143. The van der Waals surface area contributed by atoms with Gasteiger partial charge >= 0.3 is 12.1 Å². The zero-order valence-corrected chi connectivity index (χ0v) is 19.7. The van der Waals surface area contributed by atoms with Crippen LogP contribution >= 0.6 is 0 Å². The number of nitrogens with one attached hydrogen (secondary N) is 2. The van der Waals surface area contributed by atoms with E-state index in [0.717, 1.165) is 22.3 Å². The Bertz CT molecular complexity index is 1080. The molecule has 7 nitrogen and oxygen atoms in total. The van der Waals surface area contributed by atoms with E-state index < -0.39 is 29.4 Å².